The first-order valence-electron chi connectivity index (χ1n) is 12.2. The molecule has 0 amide bonds. The lowest BCUT2D eigenvalue weighted by Gasteiger charge is -2.13. The number of benzene rings is 2. The Bertz CT molecular complexity index is 1270. The predicted octanol–water partition coefficient (Wildman–Crippen LogP) is 6.31. The number of anilines is 1. The number of hydrogen-bond donors (Lipinski definition) is 2. The maximum atomic E-state index is 9.54. The van der Waals surface area contributed by atoms with Crippen LogP contribution in [0.4, 0.5) is 5.82 Å². The van der Waals surface area contributed by atoms with Crippen LogP contribution in [-0.4, -0.2) is 21.2 Å². The van der Waals surface area contributed by atoms with Gasteiger partial charge in [0.1, 0.15) is 5.82 Å². The molecule has 2 aromatic carbocycles. The SMILES string of the molecule is Cc1ccccc1-c1ccc2nc(N)c(CCc3cncc(CC(C)CCC(C)O)c3)cc2c1. The molecule has 0 saturated carbocycles. The number of aliphatic hydroxyl groups is 1. The minimum absolute atomic E-state index is 0.235. The Balaban J connectivity index is 1.49. The van der Waals surface area contributed by atoms with Crippen molar-refractivity contribution in [1.82, 2.24) is 9.97 Å². The third-order valence-corrected chi connectivity index (χ3v) is 6.58. The highest BCUT2D eigenvalue weighted by Gasteiger charge is 2.10. The van der Waals surface area contributed by atoms with Crippen LogP contribution < -0.4 is 5.73 Å². The quantitative estimate of drug-likeness (QED) is 0.311. The summed E-state index contributed by atoms with van der Waals surface area (Å²) in [5.74, 6) is 1.13. The normalized spacial score (nSPS) is 13.2. The Morgan fingerprint density at radius 3 is 2.50 bits per heavy atom. The number of nitrogens with zero attached hydrogens (tertiary/aromatic N) is 2. The van der Waals surface area contributed by atoms with Crippen LogP contribution in [0.1, 0.15) is 48.9 Å². The van der Waals surface area contributed by atoms with Crippen molar-refractivity contribution in [3.8, 4) is 11.1 Å². The third kappa shape index (κ3) is 6.00. The van der Waals surface area contributed by atoms with Crippen molar-refractivity contribution in [1.29, 1.82) is 0 Å². The van der Waals surface area contributed by atoms with E-state index in [1.165, 1.54) is 27.8 Å². The lowest BCUT2D eigenvalue weighted by molar-refractivity contribution is 0.174. The first kappa shape index (κ1) is 23.9. The van der Waals surface area contributed by atoms with Gasteiger partial charge in [-0.25, -0.2) is 4.98 Å². The number of fused-ring (bicyclic) bond motifs is 1. The van der Waals surface area contributed by atoms with Gasteiger partial charge in [0, 0.05) is 17.8 Å². The molecule has 0 spiro atoms. The lowest BCUT2D eigenvalue weighted by Crippen LogP contribution is -2.06. The summed E-state index contributed by atoms with van der Waals surface area (Å²) in [7, 11) is 0. The van der Waals surface area contributed by atoms with Gasteiger partial charge in [0.15, 0.2) is 0 Å². The van der Waals surface area contributed by atoms with Gasteiger partial charge in [-0.3, -0.25) is 4.98 Å². The molecule has 0 radical (unpaired) electrons. The second-order valence-corrected chi connectivity index (χ2v) is 9.69. The molecular weight excluding hydrogens is 418 g/mol. The number of nitrogen functional groups attached to an aromatic ring is 1. The third-order valence-electron chi connectivity index (χ3n) is 6.58. The molecule has 2 heterocycles. The minimum Gasteiger partial charge on any atom is -0.393 e. The number of aromatic nitrogens is 2. The fraction of sp³-hybridized carbons (Fsp3) is 0.333. The maximum Gasteiger partial charge on any atom is 0.127 e. The van der Waals surface area contributed by atoms with E-state index in [0.29, 0.717) is 11.7 Å². The monoisotopic (exact) mass is 453 g/mol. The molecule has 0 aliphatic rings. The summed E-state index contributed by atoms with van der Waals surface area (Å²) >= 11 is 0. The van der Waals surface area contributed by atoms with Gasteiger partial charge in [-0.1, -0.05) is 43.3 Å². The van der Waals surface area contributed by atoms with Gasteiger partial charge >= 0.3 is 0 Å². The van der Waals surface area contributed by atoms with Crippen LogP contribution in [0.5, 0.6) is 0 Å². The number of rotatable bonds is 9. The fourth-order valence-corrected chi connectivity index (χ4v) is 4.60. The predicted molar refractivity (Wildman–Crippen MR) is 142 cm³/mol. The summed E-state index contributed by atoms with van der Waals surface area (Å²) in [4.78, 5) is 9.15. The highest BCUT2D eigenvalue weighted by atomic mass is 16.3. The van der Waals surface area contributed by atoms with Crippen LogP contribution in [-0.2, 0) is 19.3 Å². The number of hydrogen-bond acceptors (Lipinski definition) is 4. The second-order valence-electron chi connectivity index (χ2n) is 9.69. The molecular formula is C30H35N3O. The van der Waals surface area contributed by atoms with Crippen LogP contribution >= 0.6 is 0 Å². The van der Waals surface area contributed by atoms with Crippen LogP contribution in [0.25, 0.3) is 22.0 Å². The Morgan fingerprint density at radius 2 is 1.71 bits per heavy atom. The average Bonchev–Trinajstić information content (AvgIpc) is 2.82. The summed E-state index contributed by atoms with van der Waals surface area (Å²) in [5.41, 5.74) is 14.5. The number of aryl methyl sites for hydroxylation is 3. The van der Waals surface area contributed by atoms with E-state index < -0.39 is 0 Å². The lowest BCUT2D eigenvalue weighted by atomic mass is 9.95. The van der Waals surface area contributed by atoms with Gasteiger partial charge in [0.05, 0.1) is 11.6 Å². The van der Waals surface area contributed by atoms with E-state index >= 15 is 0 Å². The summed E-state index contributed by atoms with van der Waals surface area (Å²) in [5, 5.41) is 10.7. The van der Waals surface area contributed by atoms with E-state index in [1.54, 1.807) is 0 Å². The second kappa shape index (κ2) is 10.8. The van der Waals surface area contributed by atoms with Gasteiger partial charge in [0.2, 0.25) is 0 Å². The summed E-state index contributed by atoms with van der Waals surface area (Å²) in [6.07, 6.45) is 8.21. The molecule has 2 unspecified atom stereocenters. The number of aliphatic hydroxyl groups excluding tert-OH is 1. The Hall–Kier alpha value is -3.24. The minimum atomic E-state index is -0.235. The Kier molecular flexibility index (Phi) is 7.59. The van der Waals surface area contributed by atoms with E-state index in [1.807, 2.05) is 19.3 Å². The van der Waals surface area contributed by atoms with Gasteiger partial charge in [0.25, 0.3) is 0 Å². The van der Waals surface area contributed by atoms with E-state index in [0.717, 1.165) is 48.6 Å². The van der Waals surface area contributed by atoms with Gasteiger partial charge in [-0.15, -0.1) is 0 Å². The van der Waals surface area contributed by atoms with Crippen molar-refractivity contribution in [3.63, 3.8) is 0 Å². The van der Waals surface area contributed by atoms with Crippen molar-refractivity contribution in [2.75, 3.05) is 5.73 Å². The summed E-state index contributed by atoms with van der Waals surface area (Å²) in [6.45, 7) is 6.23. The van der Waals surface area contributed by atoms with E-state index in [-0.39, 0.29) is 6.10 Å². The Morgan fingerprint density at radius 1 is 0.912 bits per heavy atom. The summed E-state index contributed by atoms with van der Waals surface area (Å²) < 4.78 is 0. The molecule has 0 aliphatic heterocycles. The molecule has 0 bridgehead atoms. The smallest absolute Gasteiger partial charge is 0.127 e. The molecule has 2 aromatic heterocycles. The molecule has 0 saturated heterocycles. The molecule has 34 heavy (non-hydrogen) atoms. The first-order valence-corrected chi connectivity index (χ1v) is 12.2. The van der Waals surface area contributed by atoms with Gasteiger partial charge in [-0.05, 0) is 103 Å². The molecule has 4 heteroatoms. The molecule has 3 N–H and O–H groups in total. The van der Waals surface area contributed by atoms with Crippen molar-refractivity contribution >= 4 is 16.7 Å². The van der Waals surface area contributed by atoms with Crippen molar-refractivity contribution in [2.24, 2.45) is 5.92 Å². The number of pyridine rings is 2. The highest BCUT2D eigenvalue weighted by Crippen LogP contribution is 2.28. The van der Waals surface area contributed by atoms with Crippen LogP contribution in [0.3, 0.4) is 0 Å². The molecule has 0 fully saturated rings. The van der Waals surface area contributed by atoms with Crippen LogP contribution in [0, 0.1) is 12.8 Å². The first-order chi connectivity index (χ1) is 16.4. The topological polar surface area (TPSA) is 72.0 Å². The average molecular weight is 454 g/mol. The van der Waals surface area contributed by atoms with Gasteiger partial charge < -0.3 is 10.8 Å². The van der Waals surface area contributed by atoms with Crippen LogP contribution in [0.15, 0.2) is 67.0 Å². The molecule has 2 atom stereocenters. The van der Waals surface area contributed by atoms with Crippen molar-refractivity contribution in [2.45, 2.75) is 59.0 Å². The molecule has 0 aliphatic carbocycles. The fourth-order valence-electron chi connectivity index (χ4n) is 4.60. The van der Waals surface area contributed by atoms with Crippen molar-refractivity contribution in [3.05, 3.63) is 89.2 Å². The zero-order valence-electron chi connectivity index (χ0n) is 20.5. The molecule has 4 rings (SSSR count). The molecule has 176 valence electrons. The van der Waals surface area contributed by atoms with E-state index in [9.17, 15) is 5.11 Å². The zero-order chi connectivity index (χ0) is 24.1. The van der Waals surface area contributed by atoms with E-state index in [2.05, 4.69) is 78.4 Å². The van der Waals surface area contributed by atoms with E-state index in [4.69, 9.17) is 5.73 Å². The Labute approximate surface area is 202 Å². The zero-order valence-corrected chi connectivity index (χ0v) is 20.5. The van der Waals surface area contributed by atoms with Crippen LogP contribution in [0.2, 0.25) is 0 Å². The molecule has 4 nitrogen and oxygen atoms in total. The largest absolute Gasteiger partial charge is 0.393 e. The highest BCUT2D eigenvalue weighted by molar-refractivity contribution is 5.87. The molecule has 4 aromatic rings. The standard InChI is InChI=1S/C30H35N3O/c1-20(8-9-22(3)34)14-24-15-23(18-32-19-24)10-11-26-17-27-16-25(12-13-29(27)33-30(26)31)28-7-5-4-6-21(28)2/h4-7,12-13,15-20,22,34H,8-11,14H2,1-3H3,(H2,31,33). The summed E-state index contributed by atoms with van der Waals surface area (Å²) in [6, 6.07) is 19.3. The van der Waals surface area contributed by atoms with Crippen molar-refractivity contribution < 1.29 is 5.11 Å². The maximum absolute atomic E-state index is 9.54. The van der Waals surface area contributed by atoms with Gasteiger partial charge in [-0.2, -0.15) is 0 Å². The number of nitrogens with two attached hydrogens (primary N) is 1.